The third-order valence-electron chi connectivity index (χ3n) is 8.65. The first-order valence-electron chi connectivity index (χ1n) is 19.7. The average molecular weight is 886 g/mol. The van der Waals surface area contributed by atoms with Gasteiger partial charge in [0.05, 0.1) is 33.6 Å². The van der Waals surface area contributed by atoms with E-state index >= 15 is 0 Å². The maximum atomic E-state index is 14.1. The summed E-state index contributed by atoms with van der Waals surface area (Å²) in [5.41, 5.74) is 7.96. The van der Waals surface area contributed by atoms with Crippen molar-refractivity contribution in [3.8, 4) is 23.0 Å². The molecule has 0 aliphatic rings. The minimum atomic E-state index is -0.743. The Labute approximate surface area is 353 Å². The monoisotopic (exact) mass is 884 g/mol. The van der Waals surface area contributed by atoms with Gasteiger partial charge in [0.2, 0.25) is 0 Å². The lowest BCUT2D eigenvalue weighted by Crippen LogP contribution is -2.16. The van der Waals surface area contributed by atoms with Crippen molar-refractivity contribution in [3.05, 3.63) is 101 Å². The van der Waals surface area contributed by atoms with Gasteiger partial charge in [-0.15, -0.1) is 0 Å². The van der Waals surface area contributed by atoms with Gasteiger partial charge >= 0.3 is 0 Å². The van der Waals surface area contributed by atoms with Crippen LogP contribution < -0.4 is 20.5 Å². The highest BCUT2D eigenvalue weighted by Gasteiger charge is 2.16. The second-order valence-corrected chi connectivity index (χ2v) is 16.4. The summed E-state index contributed by atoms with van der Waals surface area (Å²) < 4.78 is 70.0. The minimum absolute atomic E-state index is 0.0170. The van der Waals surface area contributed by atoms with Crippen molar-refractivity contribution in [1.82, 2.24) is 29.4 Å². The third-order valence-corrected chi connectivity index (χ3v) is 9.27. The molecule has 0 saturated carbocycles. The summed E-state index contributed by atoms with van der Waals surface area (Å²) in [5, 5.41) is 14.0. The fraction of sp³-hybridized carbons (Fsp3) is 0.409. The maximum absolute atomic E-state index is 14.1. The highest BCUT2D eigenvalue weighted by atomic mass is 79.9. The van der Waals surface area contributed by atoms with E-state index in [2.05, 4.69) is 83.0 Å². The minimum Gasteiger partial charge on any atom is -0.453 e. The quantitative estimate of drug-likeness (QED) is 0.0733. The zero-order valence-corrected chi connectivity index (χ0v) is 36.8. The van der Waals surface area contributed by atoms with Crippen LogP contribution in [0.3, 0.4) is 0 Å². The molecular formula is C44H57BrF4N8O2. The number of fused-ring (bicyclic) bond motifs is 2. The van der Waals surface area contributed by atoms with E-state index < -0.39 is 23.3 Å². The Bertz CT molecular complexity index is 2240. The molecule has 0 spiro atoms. The normalized spacial score (nSPS) is 11.4. The van der Waals surface area contributed by atoms with Gasteiger partial charge in [-0.1, -0.05) is 27.7 Å². The Hall–Kier alpha value is -4.70. The fourth-order valence-electron chi connectivity index (χ4n) is 5.85. The molecule has 10 nitrogen and oxygen atoms in total. The Balaban J connectivity index is 0.000000229. The van der Waals surface area contributed by atoms with Gasteiger partial charge in [-0.05, 0) is 137 Å². The summed E-state index contributed by atoms with van der Waals surface area (Å²) in [5.74, 6) is -0.935. The number of hydrogen-bond donors (Lipinski definition) is 2. The first-order valence-corrected chi connectivity index (χ1v) is 20.5. The largest absolute Gasteiger partial charge is 0.453 e. The molecule has 2 aromatic heterocycles. The van der Waals surface area contributed by atoms with Gasteiger partial charge in [-0.3, -0.25) is 9.36 Å². The summed E-state index contributed by atoms with van der Waals surface area (Å²) >= 11 is 3.44. The van der Waals surface area contributed by atoms with Crippen LogP contribution in [0.15, 0.2) is 77.5 Å². The zero-order valence-electron chi connectivity index (χ0n) is 35.2. The molecule has 320 valence electrons. The van der Waals surface area contributed by atoms with Gasteiger partial charge in [0.15, 0.2) is 28.9 Å². The van der Waals surface area contributed by atoms with Crippen molar-refractivity contribution >= 4 is 43.4 Å². The molecule has 0 bridgehead atoms. The predicted octanol–water partition coefficient (Wildman–Crippen LogP) is 10.5. The molecule has 15 heteroatoms. The summed E-state index contributed by atoms with van der Waals surface area (Å²) in [6.07, 6.45) is 5.58. The zero-order chi connectivity index (χ0) is 43.2. The lowest BCUT2D eigenvalue weighted by atomic mass is 10.2. The van der Waals surface area contributed by atoms with E-state index in [4.69, 9.17) is 15.2 Å². The van der Waals surface area contributed by atoms with Gasteiger partial charge in [-0.25, -0.2) is 17.6 Å². The van der Waals surface area contributed by atoms with Crippen LogP contribution in [0, 0.1) is 35.1 Å². The van der Waals surface area contributed by atoms with Gasteiger partial charge in [0.1, 0.15) is 17.4 Å². The van der Waals surface area contributed by atoms with E-state index in [-0.39, 0.29) is 11.5 Å². The van der Waals surface area contributed by atoms with Crippen molar-refractivity contribution in [2.75, 3.05) is 59.7 Å². The predicted molar refractivity (Wildman–Crippen MR) is 234 cm³/mol. The van der Waals surface area contributed by atoms with E-state index in [1.165, 1.54) is 18.2 Å². The molecule has 3 N–H and O–H groups in total. The van der Waals surface area contributed by atoms with Crippen LogP contribution in [0.1, 0.15) is 40.5 Å². The van der Waals surface area contributed by atoms with Gasteiger partial charge in [-0.2, -0.15) is 10.2 Å². The second kappa shape index (κ2) is 22.6. The molecule has 0 unspecified atom stereocenters. The van der Waals surface area contributed by atoms with E-state index in [9.17, 15) is 17.6 Å². The highest BCUT2D eigenvalue weighted by Crippen LogP contribution is 2.37. The van der Waals surface area contributed by atoms with Crippen LogP contribution in [0.5, 0.6) is 23.0 Å². The number of hydrogen-bond acceptors (Lipinski definition) is 8. The van der Waals surface area contributed by atoms with Gasteiger partial charge in [0, 0.05) is 42.5 Å². The SMILES string of the molecule is CC(C)Cn1ncc2cc(Oc3ccc(F)cc3F)c(Br)cc21.CC(C)Cn1ncc2cc(Oc3ccc(F)cc3F)c(NCCCN(C)C)cc21.CN(C)CCCN. The molecule has 59 heavy (non-hydrogen) atoms. The number of ether oxygens (including phenoxy) is 2. The van der Waals surface area contributed by atoms with Crippen LogP contribution >= 0.6 is 15.9 Å². The molecule has 6 aromatic rings. The average Bonchev–Trinajstić information content (AvgIpc) is 3.73. The maximum Gasteiger partial charge on any atom is 0.168 e. The van der Waals surface area contributed by atoms with Crippen molar-refractivity contribution in [3.63, 3.8) is 0 Å². The lowest BCUT2D eigenvalue weighted by molar-refractivity contribution is 0.403. The van der Waals surface area contributed by atoms with Crippen molar-refractivity contribution in [2.45, 2.75) is 53.6 Å². The van der Waals surface area contributed by atoms with Crippen molar-refractivity contribution in [2.24, 2.45) is 17.6 Å². The molecular weight excluding hydrogens is 828 g/mol. The first kappa shape index (κ1) is 47.0. The van der Waals surface area contributed by atoms with Crippen LogP contribution in [-0.4, -0.2) is 83.7 Å². The molecule has 2 heterocycles. The van der Waals surface area contributed by atoms with Crippen LogP contribution in [-0.2, 0) is 13.1 Å². The number of aromatic nitrogens is 4. The molecule has 0 atom stereocenters. The standard InChI is InChI=1S/C22H28F2N4O.C17H15BrF2N2O.C5H14N2/c1-15(2)14-28-20-12-19(25-8-5-9-27(3)4)22(10-16(20)13-26-28)29-21-7-6-17(23)11-18(21)24;1-10(2)9-22-15-7-13(18)17(5-11(15)8-21-22)23-16-4-3-12(19)6-14(16)20;1-7(2)5-3-4-6/h6-7,10-13,15,25H,5,8-9,14H2,1-4H3;3-8,10H,9H2,1-2H3;3-6H2,1-2H3. The van der Waals surface area contributed by atoms with Crippen molar-refractivity contribution < 1.29 is 27.0 Å². The van der Waals surface area contributed by atoms with Crippen LogP contribution in [0.25, 0.3) is 21.8 Å². The second-order valence-electron chi connectivity index (χ2n) is 15.6. The van der Waals surface area contributed by atoms with Crippen molar-refractivity contribution in [1.29, 1.82) is 0 Å². The van der Waals surface area contributed by atoms with E-state index in [0.717, 1.165) is 97.8 Å². The Morgan fingerprint density at radius 2 is 1.14 bits per heavy atom. The molecule has 6 rings (SSSR count). The summed E-state index contributed by atoms with van der Waals surface area (Å²) in [7, 11) is 8.16. The number of anilines is 1. The van der Waals surface area contributed by atoms with Crippen LogP contribution in [0.2, 0.25) is 0 Å². The Kier molecular flexibility index (Phi) is 18.0. The molecule has 0 radical (unpaired) electrons. The molecule has 0 amide bonds. The van der Waals surface area contributed by atoms with E-state index in [1.807, 2.05) is 41.7 Å². The van der Waals surface area contributed by atoms with Gasteiger partial charge < -0.3 is 30.3 Å². The molecule has 4 aromatic carbocycles. The summed E-state index contributed by atoms with van der Waals surface area (Å²) in [6.45, 7) is 13.7. The molecule has 0 aliphatic heterocycles. The first-order chi connectivity index (χ1) is 28.0. The summed E-state index contributed by atoms with van der Waals surface area (Å²) in [4.78, 5) is 4.25. The smallest absolute Gasteiger partial charge is 0.168 e. The number of nitrogens with one attached hydrogen (secondary N) is 1. The topological polar surface area (TPSA) is 98.6 Å². The molecule has 0 aliphatic carbocycles. The lowest BCUT2D eigenvalue weighted by Gasteiger charge is -2.16. The molecule has 0 fully saturated rings. The number of benzene rings is 4. The Morgan fingerprint density at radius 3 is 1.59 bits per heavy atom. The van der Waals surface area contributed by atoms with Gasteiger partial charge in [0.25, 0.3) is 0 Å². The van der Waals surface area contributed by atoms with Crippen LogP contribution in [0.4, 0.5) is 23.2 Å². The Morgan fingerprint density at radius 1 is 0.661 bits per heavy atom. The number of halogens is 5. The summed E-state index contributed by atoms with van der Waals surface area (Å²) in [6, 6.07) is 14.0. The van der Waals surface area contributed by atoms with E-state index in [1.54, 1.807) is 18.5 Å². The number of rotatable bonds is 16. The molecule has 0 saturated heterocycles. The fourth-order valence-corrected chi connectivity index (χ4v) is 6.26. The van der Waals surface area contributed by atoms with E-state index in [0.29, 0.717) is 27.8 Å². The number of nitrogens with two attached hydrogens (primary N) is 1. The third kappa shape index (κ3) is 14.5. The number of nitrogens with zero attached hydrogens (tertiary/aromatic N) is 6. The highest BCUT2D eigenvalue weighted by molar-refractivity contribution is 9.10.